The molecule has 0 aromatic carbocycles. The molecule has 1 fully saturated rings. The molecule has 2 rings (SSSR count). The van der Waals surface area contributed by atoms with Gasteiger partial charge >= 0.3 is 0 Å². The number of rotatable bonds is 3. The maximum atomic E-state index is 12.2. The predicted octanol–water partition coefficient (Wildman–Crippen LogP) is 2.06. The molecule has 2 atom stereocenters. The fraction of sp³-hybridized carbons (Fsp3) is 0.667. The van der Waals surface area contributed by atoms with Crippen LogP contribution in [0, 0.1) is 0 Å². The van der Waals surface area contributed by atoms with Gasteiger partial charge in [0.15, 0.2) is 0 Å². The molecule has 0 saturated carbocycles. The highest BCUT2D eigenvalue weighted by Gasteiger charge is 2.27. The van der Waals surface area contributed by atoms with Crippen LogP contribution in [0.1, 0.15) is 24.5 Å². The molecule has 1 amide bonds. The quantitative estimate of drug-likeness (QED) is 0.800. The first-order valence-electron chi connectivity index (χ1n) is 6.00. The van der Waals surface area contributed by atoms with E-state index in [9.17, 15) is 4.79 Å². The van der Waals surface area contributed by atoms with Crippen LogP contribution < -0.4 is 0 Å². The molecule has 0 aliphatic carbocycles. The summed E-state index contributed by atoms with van der Waals surface area (Å²) in [6, 6.07) is 0.140. The van der Waals surface area contributed by atoms with E-state index in [1.165, 1.54) is 11.3 Å². The number of hydrogen-bond donors (Lipinski definition) is 0. The summed E-state index contributed by atoms with van der Waals surface area (Å²) in [6.07, 6.45) is 0.471. The highest BCUT2D eigenvalue weighted by molar-refractivity contribution is 7.09. The lowest BCUT2D eigenvalue weighted by Crippen LogP contribution is -2.50. The van der Waals surface area contributed by atoms with Gasteiger partial charge in [-0.2, -0.15) is 0 Å². The van der Waals surface area contributed by atoms with Crippen LogP contribution in [0.3, 0.4) is 0 Å². The Morgan fingerprint density at radius 1 is 1.67 bits per heavy atom. The van der Waals surface area contributed by atoms with Gasteiger partial charge in [0, 0.05) is 11.9 Å². The van der Waals surface area contributed by atoms with Gasteiger partial charge < -0.3 is 9.64 Å². The summed E-state index contributed by atoms with van der Waals surface area (Å²) >= 11 is 7.19. The molecule has 0 N–H and O–H groups in total. The summed E-state index contributed by atoms with van der Waals surface area (Å²) in [5, 5.41) is 2.74. The van der Waals surface area contributed by atoms with E-state index in [4.69, 9.17) is 16.3 Å². The fourth-order valence-electron chi connectivity index (χ4n) is 1.97. The number of alkyl halides is 1. The molecule has 1 saturated heterocycles. The van der Waals surface area contributed by atoms with Crippen LogP contribution in [-0.2, 0) is 21.8 Å². The Morgan fingerprint density at radius 2 is 2.44 bits per heavy atom. The maximum absolute atomic E-state index is 12.2. The van der Waals surface area contributed by atoms with E-state index in [0.29, 0.717) is 25.5 Å². The topological polar surface area (TPSA) is 42.4 Å². The van der Waals surface area contributed by atoms with Gasteiger partial charge in [0.05, 0.1) is 36.7 Å². The third kappa shape index (κ3) is 3.22. The molecule has 2 heterocycles. The van der Waals surface area contributed by atoms with Crippen molar-refractivity contribution < 1.29 is 9.53 Å². The number of morpholine rings is 1. The van der Waals surface area contributed by atoms with Crippen molar-refractivity contribution in [3.8, 4) is 0 Å². The van der Waals surface area contributed by atoms with Crippen molar-refractivity contribution in [1.29, 1.82) is 0 Å². The molecule has 0 spiro atoms. The van der Waals surface area contributed by atoms with Crippen LogP contribution in [0.2, 0.25) is 0 Å². The van der Waals surface area contributed by atoms with Crippen molar-refractivity contribution in [1.82, 2.24) is 9.88 Å². The monoisotopic (exact) mass is 288 g/mol. The summed E-state index contributed by atoms with van der Waals surface area (Å²) in [6.45, 7) is 5.27. The first-order chi connectivity index (χ1) is 8.60. The van der Waals surface area contributed by atoms with Crippen LogP contribution in [0.5, 0.6) is 0 Å². The summed E-state index contributed by atoms with van der Waals surface area (Å²) in [5.74, 6) is 0.517. The highest BCUT2D eigenvalue weighted by Crippen LogP contribution is 2.16. The van der Waals surface area contributed by atoms with Gasteiger partial charge in [-0.3, -0.25) is 4.79 Å². The number of carbonyl (C=O) groups is 1. The molecule has 2 unspecified atom stereocenters. The number of aromatic nitrogens is 1. The Labute approximate surface area is 116 Å². The van der Waals surface area contributed by atoms with Gasteiger partial charge in [0.1, 0.15) is 5.01 Å². The number of nitrogens with zero attached hydrogens (tertiary/aromatic N) is 2. The second-order valence-electron chi connectivity index (χ2n) is 4.58. The number of halogens is 1. The van der Waals surface area contributed by atoms with Crippen molar-refractivity contribution in [3.63, 3.8) is 0 Å². The first-order valence-corrected chi connectivity index (χ1v) is 7.42. The third-order valence-corrected chi connectivity index (χ3v) is 4.14. The van der Waals surface area contributed by atoms with Crippen molar-refractivity contribution in [2.24, 2.45) is 0 Å². The second-order valence-corrected chi connectivity index (χ2v) is 5.79. The maximum Gasteiger partial charge on any atom is 0.229 e. The number of hydrogen-bond acceptors (Lipinski definition) is 4. The smallest absolute Gasteiger partial charge is 0.229 e. The Morgan fingerprint density at radius 3 is 3.11 bits per heavy atom. The van der Waals surface area contributed by atoms with Crippen LogP contribution in [0.25, 0.3) is 0 Å². The zero-order valence-corrected chi connectivity index (χ0v) is 12.1. The predicted molar refractivity (Wildman–Crippen MR) is 72.0 cm³/mol. The Kier molecular flexibility index (Phi) is 4.59. The van der Waals surface area contributed by atoms with E-state index >= 15 is 0 Å². The highest BCUT2D eigenvalue weighted by atomic mass is 35.5. The van der Waals surface area contributed by atoms with Gasteiger partial charge in [-0.25, -0.2) is 4.98 Å². The van der Waals surface area contributed by atoms with Crippen LogP contribution in [-0.4, -0.2) is 41.1 Å². The average molecular weight is 289 g/mol. The Balaban J connectivity index is 1.98. The normalized spacial score (nSPS) is 24.3. The number of thiazole rings is 1. The standard InChI is InChI=1S/C12H17ClN2O2S/c1-8-6-17-9(2)5-15(8)12(16)3-11-14-10(4-13)7-18-11/h7-9H,3-6H2,1-2H3. The van der Waals surface area contributed by atoms with Crippen molar-refractivity contribution in [2.75, 3.05) is 13.2 Å². The van der Waals surface area contributed by atoms with Crippen LogP contribution >= 0.6 is 22.9 Å². The van der Waals surface area contributed by atoms with Gasteiger partial charge in [-0.05, 0) is 13.8 Å². The molecule has 4 nitrogen and oxygen atoms in total. The Bertz CT molecular complexity index is 424. The molecule has 18 heavy (non-hydrogen) atoms. The van der Waals surface area contributed by atoms with Crippen molar-refractivity contribution in [3.05, 3.63) is 16.1 Å². The molecule has 0 bridgehead atoms. The summed E-state index contributed by atoms with van der Waals surface area (Å²) < 4.78 is 5.52. The summed E-state index contributed by atoms with van der Waals surface area (Å²) in [4.78, 5) is 18.4. The number of carbonyl (C=O) groups excluding carboxylic acids is 1. The van der Waals surface area contributed by atoms with Crippen LogP contribution in [0.4, 0.5) is 0 Å². The summed E-state index contributed by atoms with van der Waals surface area (Å²) in [7, 11) is 0. The van der Waals surface area contributed by atoms with Crippen molar-refractivity contribution in [2.45, 2.75) is 38.3 Å². The SMILES string of the molecule is CC1CN(C(=O)Cc2nc(CCl)cs2)C(C)CO1. The van der Waals surface area contributed by atoms with E-state index in [2.05, 4.69) is 4.98 Å². The molecular formula is C12H17ClN2O2S. The molecule has 1 aromatic rings. The van der Waals surface area contributed by atoms with Gasteiger partial charge in [0.25, 0.3) is 0 Å². The zero-order chi connectivity index (χ0) is 13.1. The largest absolute Gasteiger partial charge is 0.375 e. The number of ether oxygens (including phenoxy) is 1. The van der Waals surface area contributed by atoms with Gasteiger partial charge in [-0.1, -0.05) is 0 Å². The van der Waals surface area contributed by atoms with Crippen molar-refractivity contribution >= 4 is 28.8 Å². The molecule has 1 aliphatic heterocycles. The zero-order valence-electron chi connectivity index (χ0n) is 10.6. The minimum atomic E-state index is 0.111. The van der Waals surface area contributed by atoms with E-state index in [1.807, 2.05) is 24.1 Å². The van der Waals surface area contributed by atoms with Crippen LogP contribution in [0.15, 0.2) is 5.38 Å². The van der Waals surface area contributed by atoms with E-state index < -0.39 is 0 Å². The number of amides is 1. The molecule has 0 radical (unpaired) electrons. The lowest BCUT2D eigenvalue weighted by atomic mass is 10.2. The van der Waals surface area contributed by atoms with E-state index in [0.717, 1.165) is 10.7 Å². The molecule has 6 heteroatoms. The first kappa shape index (κ1) is 13.8. The van der Waals surface area contributed by atoms with E-state index in [-0.39, 0.29) is 18.1 Å². The lowest BCUT2D eigenvalue weighted by Gasteiger charge is -2.36. The molecular weight excluding hydrogens is 272 g/mol. The molecule has 1 aromatic heterocycles. The van der Waals surface area contributed by atoms with Gasteiger partial charge in [-0.15, -0.1) is 22.9 Å². The minimum absolute atomic E-state index is 0.111. The fourth-order valence-corrected chi connectivity index (χ4v) is 2.99. The van der Waals surface area contributed by atoms with E-state index in [1.54, 1.807) is 0 Å². The average Bonchev–Trinajstić information content (AvgIpc) is 2.80. The Hall–Kier alpha value is -0.650. The third-order valence-electron chi connectivity index (χ3n) is 2.97. The van der Waals surface area contributed by atoms with Gasteiger partial charge in [0.2, 0.25) is 5.91 Å². The lowest BCUT2D eigenvalue weighted by molar-refractivity contribution is -0.142. The second kappa shape index (κ2) is 5.99. The molecule has 100 valence electrons. The minimum Gasteiger partial charge on any atom is -0.375 e. The summed E-state index contributed by atoms with van der Waals surface area (Å²) in [5.41, 5.74) is 0.841. The molecule has 1 aliphatic rings.